The van der Waals surface area contributed by atoms with E-state index in [2.05, 4.69) is 10.3 Å². The molecule has 2 heterocycles. The predicted molar refractivity (Wildman–Crippen MR) is 57.7 cm³/mol. The molecule has 0 unspecified atom stereocenters. The molecule has 1 aliphatic heterocycles. The van der Waals surface area contributed by atoms with E-state index in [1.807, 2.05) is 0 Å². The molecule has 0 saturated carbocycles. The smallest absolute Gasteiger partial charge is 0.334 e. The van der Waals surface area contributed by atoms with Crippen LogP contribution < -0.4 is 5.32 Å². The van der Waals surface area contributed by atoms with Crippen molar-refractivity contribution in [1.29, 1.82) is 0 Å². The number of halogens is 3. The summed E-state index contributed by atoms with van der Waals surface area (Å²) in [5.74, 6) is 0.340. The lowest BCUT2D eigenvalue weighted by Gasteiger charge is -2.23. The molecule has 1 aromatic heterocycles. The van der Waals surface area contributed by atoms with Crippen LogP contribution in [0.25, 0.3) is 0 Å². The minimum atomic E-state index is -4.10. The number of hydrogen-bond acceptors (Lipinski definition) is 2. The summed E-state index contributed by atoms with van der Waals surface area (Å²) in [5.41, 5.74) is 0.941. The third-order valence-corrected chi connectivity index (χ3v) is 3.14. The van der Waals surface area contributed by atoms with Crippen LogP contribution in [0.1, 0.15) is 30.9 Å². The topological polar surface area (TPSA) is 29.9 Å². The molecule has 1 aliphatic rings. The molecule has 0 aromatic carbocycles. The van der Waals surface area contributed by atoms with Gasteiger partial charge in [0.05, 0.1) is 12.7 Å². The van der Waals surface area contributed by atoms with Gasteiger partial charge in [-0.05, 0) is 25.9 Å². The van der Waals surface area contributed by atoms with E-state index in [4.69, 9.17) is 0 Å². The Morgan fingerprint density at radius 1 is 1.35 bits per heavy atom. The van der Waals surface area contributed by atoms with E-state index in [9.17, 15) is 13.2 Å². The van der Waals surface area contributed by atoms with Crippen LogP contribution in [0.3, 0.4) is 0 Å². The highest BCUT2D eigenvalue weighted by Gasteiger charge is 2.27. The summed E-state index contributed by atoms with van der Waals surface area (Å²) in [6.07, 6.45) is 0.252. The summed E-state index contributed by atoms with van der Waals surface area (Å²) >= 11 is 0. The van der Waals surface area contributed by atoms with E-state index in [-0.39, 0.29) is 6.54 Å². The van der Waals surface area contributed by atoms with Crippen LogP contribution in [0.5, 0.6) is 0 Å². The fourth-order valence-corrected chi connectivity index (χ4v) is 2.22. The van der Waals surface area contributed by atoms with E-state index < -0.39 is 12.6 Å². The number of aryl methyl sites for hydroxylation is 1. The molecule has 0 amide bonds. The molecule has 96 valence electrons. The largest absolute Gasteiger partial charge is 0.390 e. The second-order valence-electron chi connectivity index (χ2n) is 4.40. The number of alkyl halides is 3. The second kappa shape index (κ2) is 5.08. The lowest BCUT2D eigenvalue weighted by Crippen LogP contribution is -2.28. The Bertz CT molecular complexity index is 353. The minimum Gasteiger partial charge on any atom is -0.334 e. The first-order valence-electron chi connectivity index (χ1n) is 5.84. The van der Waals surface area contributed by atoms with Crippen LogP contribution in [-0.2, 0) is 6.54 Å². The van der Waals surface area contributed by atoms with Crippen molar-refractivity contribution in [3.63, 3.8) is 0 Å². The van der Waals surface area contributed by atoms with Crippen molar-refractivity contribution in [3.8, 4) is 0 Å². The van der Waals surface area contributed by atoms with Crippen LogP contribution in [0.15, 0.2) is 12.5 Å². The summed E-state index contributed by atoms with van der Waals surface area (Å²) in [5, 5.41) is 3.24. The molecule has 0 atom stereocenters. The summed E-state index contributed by atoms with van der Waals surface area (Å²) in [4.78, 5) is 3.97. The van der Waals surface area contributed by atoms with Gasteiger partial charge in [-0.1, -0.05) is 0 Å². The summed E-state index contributed by atoms with van der Waals surface area (Å²) in [6.45, 7) is 1.83. The van der Waals surface area contributed by atoms with Crippen molar-refractivity contribution in [1.82, 2.24) is 14.9 Å². The van der Waals surface area contributed by atoms with Gasteiger partial charge < -0.3 is 9.88 Å². The van der Waals surface area contributed by atoms with Crippen molar-refractivity contribution in [3.05, 3.63) is 18.2 Å². The molecule has 0 aliphatic carbocycles. The number of imidazole rings is 1. The first-order chi connectivity index (χ1) is 8.06. The van der Waals surface area contributed by atoms with Gasteiger partial charge in [-0.25, -0.2) is 4.98 Å². The maximum Gasteiger partial charge on any atom is 0.390 e. The van der Waals surface area contributed by atoms with Crippen LogP contribution in [-0.4, -0.2) is 28.8 Å². The fourth-order valence-electron chi connectivity index (χ4n) is 2.22. The van der Waals surface area contributed by atoms with Crippen LogP contribution in [0.4, 0.5) is 13.2 Å². The number of nitrogens with zero attached hydrogens (tertiary/aromatic N) is 2. The van der Waals surface area contributed by atoms with E-state index in [0.717, 1.165) is 31.6 Å². The molecule has 0 bridgehead atoms. The Morgan fingerprint density at radius 3 is 2.71 bits per heavy atom. The van der Waals surface area contributed by atoms with Gasteiger partial charge in [0.25, 0.3) is 0 Å². The lowest BCUT2D eigenvalue weighted by atomic mass is 9.95. The Balaban J connectivity index is 2.00. The SMILES string of the molecule is FC(F)(F)CCn1cncc1C1CCNCC1. The first kappa shape index (κ1) is 12.4. The first-order valence-corrected chi connectivity index (χ1v) is 5.84. The average molecular weight is 247 g/mol. The number of piperidine rings is 1. The number of nitrogens with one attached hydrogen (secondary N) is 1. The monoisotopic (exact) mass is 247 g/mol. The van der Waals surface area contributed by atoms with Crippen molar-refractivity contribution in [2.75, 3.05) is 13.1 Å². The van der Waals surface area contributed by atoms with Gasteiger partial charge in [0, 0.05) is 24.4 Å². The molecular weight excluding hydrogens is 231 g/mol. The van der Waals surface area contributed by atoms with Crippen molar-refractivity contribution in [2.45, 2.75) is 37.9 Å². The number of aromatic nitrogens is 2. The van der Waals surface area contributed by atoms with E-state index in [0.29, 0.717) is 5.92 Å². The molecule has 1 aromatic rings. The molecule has 1 saturated heterocycles. The maximum atomic E-state index is 12.2. The van der Waals surface area contributed by atoms with Crippen LogP contribution in [0.2, 0.25) is 0 Å². The van der Waals surface area contributed by atoms with Gasteiger partial charge in [-0.3, -0.25) is 0 Å². The Morgan fingerprint density at radius 2 is 2.06 bits per heavy atom. The molecule has 2 rings (SSSR count). The maximum absolute atomic E-state index is 12.2. The van der Waals surface area contributed by atoms with Gasteiger partial charge in [0.1, 0.15) is 0 Å². The third-order valence-electron chi connectivity index (χ3n) is 3.14. The van der Waals surface area contributed by atoms with Gasteiger partial charge in [-0.2, -0.15) is 13.2 Å². The quantitative estimate of drug-likeness (QED) is 0.888. The summed E-state index contributed by atoms with van der Waals surface area (Å²) in [6, 6.07) is 0. The van der Waals surface area contributed by atoms with Crippen molar-refractivity contribution in [2.24, 2.45) is 0 Å². The van der Waals surface area contributed by atoms with Crippen LogP contribution in [0, 0.1) is 0 Å². The van der Waals surface area contributed by atoms with E-state index in [1.165, 1.54) is 6.33 Å². The van der Waals surface area contributed by atoms with Gasteiger partial charge in [-0.15, -0.1) is 0 Å². The average Bonchev–Trinajstić information content (AvgIpc) is 2.75. The highest BCUT2D eigenvalue weighted by molar-refractivity contribution is 5.07. The lowest BCUT2D eigenvalue weighted by molar-refractivity contribution is -0.136. The van der Waals surface area contributed by atoms with E-state index in [1.54, 1.807) is 10.8 Å². The number of hydrogen-bond donors (Lipinski definition) is 1. The zero-order chi connectivity index (χ0) is 12.3. The zero-order valence-corrected chi connectivity index (χ0v) is 9.50. The van der Waals surface area contributed by atoms with Crippen molar-refractivity contribution < 1.29 is 13.2 Å². The molecule has 1 fully saturated rings. The van der Waals surface area contributed by atoms with Crippen LogP contribution >= 0.6 is 0 Å². The Hall–Kier alpha value is -1.04. The highest BCUT2D eigenvalue weighted by atomic mass is 19.4. The molecule has 3 nitrogen and oxygen atoms in total. The Labute approximate surface area is 98.0 Å². The molecule has 1 N–H and O–H groups in total. The normalized spacial score (nSPS) is 18.5. The fraction of sp³-hybridized carbons (Fsp3) is 0.727. The van der Waals surface area contributed by atoms with Gasteiger partial charge in [0.2, 0.25) is 0 Å². The van der Waals surface area contributed by atoms with E-state index >= 15 is 0 Å². The second-order valence-corrected chi connectivity index (χ2v) is 4.40. The third kappa shape index (κ3) is 3.46. The summed E-state index contributed by atoms with van der Waals surface area (Å²) in [7, 11) is 0. The molecule has 17 heavy (non-hydrogen) atoms. The zero-order valence-electron chi connectivity index (χ0n) is 9.50. The molecule has 0 radical (unpaired) electrons. The molecule has 6 heteroatoms. The molecule has 0 spiro atoms. The Kier molecular flexibility index (Phi) is 3.71. The predicted octanol–water partition coefficient (Wildman–Crippen LogP) is 2.30. The highest BCUT2D eigenvalue weighted by Crippen LogP contribution is 2.26. The summed E-state index contributed by atoms with van der Waals surface area (Å²) < 4.78 is 38.2. The molecular formula is C11H16F3N3. The van der Waals surface area contributed by atoms with Gasteiger partial charge >= 0.3 is 6.18 Å². The minimum absolute atomic E-state index is 0.0250. The van der Waals surface area contributed by atoms with Gasteiger partial charge in [0.15, 0.2) is 0 Å². The number of rotatable bonds is 3. The standard InChI is InChI=1S/C11H16F3N3/c12-11(13,14)3-6-17-8-16-7-10(17)9-1-4-15-5-2-9/h7-9,15H,1-6H2. The van der Waals surface area contributed by atoms with Crippen molar-refractivity contribution >= 4 is 0 Å².